The van der Waals surface area contributed by atoms with Gasteiger partial charge in [-0.1, -0.05) is 52.0 Å². The second-order valence-corrected chi connectivity index (χ2v) is 11.2. The predicted molar refractivity (Wildman–Crippen MR) is 124 cm³/mol. The predicted octanol–water partition coefficient (Wildman–Crippen LogP) is 5.56. The Balaban J connectivity index is 1.73. The van der Waals surface area contributed by atoms with Crippen LogP contribution in [0.2, 0.25) is 0 Å². The third-order valence-electron chi connectivity index (χ3n) is 8.38. The van der Waals surface area contributed by atoms with E-state index in [1.54, 1.807) is 0 Å². The molecule has 3 nitrogen and oxygen atoms in total. The van der Waals surface area contributed by atoms with Crippen LogP contribution >= 0.6 is 0 Å². The summed E-state index contributed by atoms with van der Waals surface area (Å²) < 4.78 is 0. The maximum absolute atomic E-state index is 10.5. The van der Waals surface area contributed by atoms with Crippen LogP contribution in [0, 0.1) is 29.1 Å². The Morgan fingerprint density at radius 3 is 2.57 bits per heavy atom. The van der Waals surface area contributed by atoms with Gasteiger partial charge in [-0.05, 0) is 91.6 Å². The fourth-order valence-electron chi connectivity index (χ4n) is 6.91. The molecule has 0 aromatic heterocycles. The number of hydrogen-bond acceptors (Lipinski definition) is 3. The van der Waals surface area contributed by atoms with Gasteiger partial charge in [0, 0.05) is 6.42 Å². The summed E-state index contributed by atoms with van der Waals surface area (Å²) >= 11 is 0. The van der Waals surface area contributed by atoms with Crippen LogP contribution < -0.4 is 0 Å². The first-order chi connectivity index (χ1) is 14.1. The third kappa shape index (κ3) is 5.11. The van der Waals surface area contributed by atoms with Crippen LogP contribution in [0.3, 0.4) is 0 Å². The minimum absolute atomic E-state index is 0.179. The van der Waals surface area contributed by atoms with Gasteiger partial charge in [-0.15, -0.1) is 0 Å². The number of fused-ring (bicyclic) bond motifs is 1. The molecule has 0 aromatic carbocycles. The van der Waals surface area contributed by atoms with Crippen molar-refractivity contribution in [2.45, 2.75) is 104 Å². The summed E-state index contributed by atoms with van der Waals surface area (Å²) in [5.41, 5.74) is 3.63. The molecule has 0 aromatic rings. The fourth-order valence-corrected chi connectivity index (χ4v) is 6.91. The zero-order valence-corrected chi connectivity index (χ0v) is 19.6. The van der Waals surface area contributed by atoms with Crippen molar-refractivity contribution in [2.75, 3.05) is 0 Å². The van der Waals surface area contributed by atoms with Crippen molar-refractivity contribution in [1.82, 2.24) is 0 Å². The molecule has 170 valence electrons. The minimum atomic E-state index is -0.621. The Bertz CT molecular complexity index is 676. The van der Waals surface area contributed by atoms with E-state index in [1.165, 1.54) is 31.3 Å². The Morgan fingerprint density at radius 2 is 1.87 bits per heavy atom. The zero-order valence-electron chi connectivity index (χ0n) is 19.6. The molecule has 3 heteroatoms. The second-order valence-electron chi connectivity index (χ2n) is 11.2. The van der Waals surface area contributed by atoms with Gasteiger partial charge in [-0.3, -0.25) is 0 Å². The summed E-state index contributed by atoms with van der Waals surface area (Å²) in [4.78, 5) is 0. The number of rotatable bonds is 6. The number of hydrogen-bond donors (Lipinski definition) is 3. The quantitative estimate of drug-likeness (QED) is 0.531. The molecule has 0 aliphatic heterocycles. The van der Waals surface area contributed by atoms with E-state index in [1.807, 2.05) is 0 Å². The van der Waals surface area contributed by atoms with Crippen LogP contribution in [0.25, 0.3) is 0 Å². The first kappa shape index (κ1) is 23.8. The molecule has 0 amide bonds. The number of aliphatic hydroxyl groups excluding tert-OH is 3. The molecule has 7 atom stereocenters. The molecule has 0 radical (unpaired) electrons. The Morgan fingerprint density at radius 1 is 1.13 bits per heavy atom. The lowest BCUT2D eigenvalue weighted by Gasteiger charge is -2.44. The Hall–Kier alpha value is -0.900. The molecule has 1 unspecified atom stereocenters. The van der Waals surface area contributed by atoms with E-state index < -0.39 is 12.2 Å². The lowest BCUT2D eigenvalue weighted by molar-refractivity contribution is 0.0571. The van der Waals surface area contributed by atoms with E-state index in [0.717, 1.165) is 30.4 Å². The maximum atomic E-state index is 10.5. The SMILES string of the molecule is C=C1/C(=C\C=C2/CCC[C@]3(C)[C@@H]([C@H](C)CC(O)CC(C)C)CC[C@@H]23)C[C@@H](O)C[C@@H]1O. The normalized spacial score (nSPS) is 39.5. The molecule has 0 saturated heterocycles. The summed E-state index contributed by atoms with van der Waals surface area (Å²) in [6.45, 7) is 13.3. The first-order valence-corrected chi connectivity index (χ1v) is 12.2. The highest BCUT2D eigenvalue weighted by atomic mass is 16.3. The standard InChI is InChI=1S/C27H44O3/c1-17(2)13-22(28)14-18(3)24-10-11-25-20(7-6-12-27(24,25)5)8-9-21-15-23(29)16-26(30)19(21)4/h8-9,17-18,22-26,28-30H,4,6-7,10-16H2,1-3,5H3/b20-8+,21-9-/t18-,22?,23-,24-,25+,26+,27-/m1/s1. The molecule has 0 spiro atoms. The maximum Gasteiger partial charge on any atom is 0.0811 e. The summed E-state index contributed by atoms with van der Waals surface area (Å²) in [5, 5.41) is 30.7. The van der Waals surface area contributed by atoms with Crippen LogP contribution in [0.15, 0.2) is 35.5 Å². The van der Waals surface area contributed by atoms with Crippen LogP contribution in [0.5, 0.6) is 0 Å². The van der Waals surface area contributed by atoms with E-state index in [-0.39, 0.29) is 6.10 Å². The highest BCUT2D eigenvalue weighted by Gasteiger charge is 2.50. The largest absolute Gasteiger partial charge is 0.393 e. The van der Waals surface area contributed by atoms with Gasteiger partial charge >= 0.3 is 0 Å². The van der Waals surface area contributed by atoms with Crippen molar-refractivity contribution in [3.05, 3.63) is 35.5 Å². The van der Waals surface area contributed by atoms with Crippen molar-refractivity contribution in [2.24, 2.45) is 29.1 Å². The van der Waals surface area contributed by atoms with Crippen LogP contribution in [-0.4, -0.2) is 33.6 Å². The summed E-state index contributed by atoms with van der Waals surface area (Å²) in [6.07, 6.45) is 12.1. The van der Waals surface area contributed by atoms with Crippen LogP contribution in [0.1, 0.15) is 85.5 Å². The van der Waals surface area contributed by atoms with Crippen molar-refractivity contribution in [3.8, 4) is 0 Å². The monoisotopic (exact) mass is 416 g/mol. The van der Waals surface area contributed by atoms with Crippen molar-refractivity contribution >= 4 is 0 Å². The summed E-state index contributed by atoms with van der Waals surface area (Å²) in [5.74, 6) is 2.39. The number of aliphatic hydroxyl groups is 3. The fraction of sp³-hybridized carbons (Fsp3) is 0.778. The van der Waals surface area contributed by atoms with Gasteiger partial charge in [0.1, 0.15) is 0 Å². The Kier molecular flexibility index (Phi) is 7.69. The van der Waals surface area contributed by atoms with E-state index in [4.69, 9.17) is 0 Å². The molecule has 3 aliphatic rings. The Labute approximate surface area is 184 Å². The summed E-state index contributed by atoms with van der Waals surface area (Å²) in [6, 6.07) is 0. The van der Waals surface area contributed by atoms with Gasteiger partial charge in [-0.2, -0.15) is 0 Å². The van der Waals surface area contributed by atoms with E-state index >= 15 is 0 Å². The molecular formula is C27H44O3. The molecule has 3 rings (SSSR count). The molecule has 30 heavy (non-hydrogen) atoms. The average molecular weight is 417 g/mol. The average Bonchev–Trinajstić information content (AvgIpc) is 3.00. The molecule has 0 bridgehead atoms. The second kappa shape index (κ2) is 9.71. The van der Waals surface area contributed by atoms with E-state index in [9.17, 15) is 15.3 Å². The smallest absolute Gasteiger partial charge is 0.0811 e. The van der Waals surface area contributed by atoms with Gasteiger partial charge in [0.2, 0.25) is 0 Å². The first-order valence-electron chi connectivity index (χ1n) is 12.2. The van der Waals surface area contributed by atoms with Gasteiger partial charge in [0.15, 0.2) is 0 Å². The van der Waals surface area contributed by atoms with Gasteiger partial charge in [-0.25, -0.2) is 0 Å². The summed E-state index contributed by atoms with van der Waals surface area (Å²) in [7, 11) is 0. The van der Waals surface area contributed by atoms with Gasteiger partial charge in [0.05, 0.1) is 18.3 Å². The lowest BCUT2D eigenvalue weighted by atomic mass is 9.60. The van der Waals surface area contributed by atoms with Gasteiger partial charge < -0.3 is 15.3 Å². The molecule has 0 heterocycles. The zero-order chi connectivity index (χ0) is 22.1. The highest BCUT2D eigenvalue weighted by Crippen LogP contribution is 2.60. The highest BCUT2D eigenvalue weighted by molar-refractivity contribution is 5.38. The molecule has 3 fully saturated rings. The molecule has 3 saturated carbocycles. The molecular weight excluding hydrogens is 372 g/mol. The third-order valence-corrected chi connectivity index (χ3v) is 8.38. The van der Waals surface area contributed by atoms with E-state index in [2.05, 4.69) is 46.4 Å². The lowest BCUT2D eigenvalue weighted by Crippen LogP contribution is -2.36. The van der Waals surface area contributed by atoms with Crippen molar-refractivity contribution in [3.63, 3.8) is 0 Å². The molecule has 3 aliphatic carbocycles. The van der Waals surface area contributed by atoms with Gasteiger partial charge in [0.25, 0.3) is 0 Å². The van der Waals surface area contributed by atoms with Crippen molar-refractivity contribution < 1.29 is 15.3 Å². The minimum Gasteiger partial charge on any atom is -0.393 e. The van der Waals surface area contributed by atoms with Crippen LogP contribution in [-0.2, 0) is 0 Å². The van der Waals surface area contributed by atoms with E-state index in [0.29, 0.717) is 41.9 Å². The van der Waals surface area contributed by atoms with Crippen LogP contribution in [0.4, 0.5) is 0 Å². The topological polar surface area (TPSA) is 60.7 Å². The molecule has 3 N–H and O–H groups in total. The number of allylic oxidation sites excluding steroid dienone is 3. The van der Waals surface area contributed by atoms with Crippen molar-refractivity contribution in [1.29, 1.82) is 0 Å².